The highest BCUT2D eigenvalue weighted by molar-refractivity contribution is 5.91. The number of benzene rings is 5. The summed E-state index contributed by atoms with van der Waals surface area (Å²) < 4.78 is 2.41. The summed E-state index contributed by atoms with van der Waals surface area (Å²) in [5, 5.41) is 1.36. The summed E-state index contributed by atoms with van der Waals surface area (Å²) in [7, 11) is 0. The molecule has 0 spiro atoms. The molecule has 0 radical (unpaired) electrons. The van der Waals surface area contributed by atoms with Gasteiger partial charge in [-0.3, -0.25) is 0 Å². The van der Waals surface area contributed by atoms with Gasteiger partial charge in [0.2, 0.25) is 0 Å². The monoisotopic (exact) mass is 580 g/mol. The number of hydrogen-bond acceptors (Lipinski definition) is 1. The first-order chi connectivity index (χ1) is 22.2. The van der Waals surface area contributed by atoms with Crippen molar-refractivity contribution in [2.75, 3.05) is 4.90 Å². The molecule has 6 aromatic rings. The molecule has 0 fully saturated rings. The van der Waals surface area contributed by atoms with Crippen molar-refractivity contribution in [1.29, 1.82) is 0 Å². The summed E-state index contributed by atoms with van der Waals surface area (Å²) in [6.45, 7) is 5.87. The number of anilines is 3. The lowest BCUT2D eigenvalue weighted by Gasteiger charge is -2.26. The maximum atomic E-state index is 3.80. The zero-order valence-electron chi connectivity index (χ0n) is 25.6. The van der Waals surface area contributed by atoms with E-state index in [0.717, 1.165) is 29.9 Å². The van der Waals surface area contributed by atoms with Crippen LogP contribution in [0.1, 0.15) is 30.2 Å². The molecule has 1 aromatic heterocycles. The van der Waals surface area contributed by atoms with Crippen molar-refractivity contribution in [3.05, 3.63) is 181 Å². The summed E-state index contributed by atoms with van der Waals surface area (Å²) in [5.74, 6) is 0. The zero-order valence-corrected chi connectivity index (χ0v) is 25.6. The fraction of sp³-hybridized carbons (Fsp3) is 0.0698. The van der Waals surface area contributed by atoms with Gasteiger partial charge in [0, 0.05) is 33.8 Å². The second-order valence-corrected chi connectivity index (χ2v) is 11.3. The Bertz CT molecular complexity index is 2040. The van der Waals surface area contributed by atoms with Crippen LogP contribution in [0, 0.1) is 0 Å². The SMILES string of the molecule is C=C/C=C\C(=C/C)c1ccc(N(c2ccccc2)c2ccc(-c3ccc(-n4c5c(c6ccccc64)CCC=C5)cc3)cc2)cc1. The molecule has 0 bridgehead atoms. The fourth-order valence-electron chi connectivity index (χ4n) is 6.43. The smallest absolute Gasteiger partial charge is 0.0537 e. The van der Waals surface area contributed by atoms with Gasteiger partial charge in [-0.1, -0.05) is 110 Å². The van der Waals surface area contributed by atoms with E-state index in [-0.39, 0.29) is 0 Å². The van der Waals surface area contributed by atoms with Crippen LogP contribution in [0.3, 0.4) is 0 Å². The molecule has 7 rings (SSSR count). The van der Waals surface area contributed by atoms with Gasteiger partial charge < -0.3 is 9.47 Å². The fourth-order valence-corrected chi connectivity index (χ4v) is 6.43. The first-order valence-electron chi connectivity index (χ1n) is 15.7. The number of hydrogen-bond donors (Lipinski definition) is 0. The van der Waals surface area contributed by atoms with E-state index < -0.39 is 0 Å². The third-order valence-electron chi connectivity index (χ3n) is 8.64. The van der Waals surface area contributed by atoms with Crippen molar-refractivity contribution >= 4 is 39.6 Å². The molecule has 0 atom stereocenters. The second-order valence-electron chi connectivity index (χ2n) is 11.3. The maximum absolute atomic E-state index is 3.80. The van der Waals surface area contributed by atoms with Crippen LogP contribution in [0.4, 0.5) is 17.1 Å². The van der Waals surface area contributed by atoms with Gasteiger partial charge in [0.05, 0.1) is 5.52 Å². The number of nitrogens with zero attached hydrogens (tertiary/aromatic N) is 2. The molecule has 45 heavy (non-hydrogen) atoms. The van der Waals surface area contributed by atoms with Crippen LogP contribution in [-0.2, 0) is 6.42 Å². The van der Waals surface area contributed by atoms with Gasteiger partial charge in [-0.2, -0.15) is 0 Å². The first-order valence-corrected chi connectivity index (χ1v) is 15.7. The Labute approximate surface area is 266 Å². The standard InChI is InChI=1S/C43H36N2/c1-3-5-13-32(4-2)33-20-26-37(27-21-33)44(36-14-7-6-8-15-36)38-28-22-34(23-29-38)35-24-30-39(31-25-35)45-42-18-11-9-16-40(42)41-17-10-12-19-43(41)45/h3-9,11-16,18-31H,1,10,17H2,2H3/b13-5-,32-4+. The zero-order chi connectivity index (χ0) is 30.6. The molecule has 218 valence electrons. The molecule has 2 nitrogen and oxygen atoms in total. The van der Waals surface area contributed by atoms with E-state index in [1.165, 1.54) is 50.1 Å². The Kier molecular flexibility index (Phi) is 7.87. The van der Waals surface area contributed by atoms with Crippen LogP contribution in [0.2, 0.25) is 0 Å². The van der Waals surface area contributed by atoms with Gasteiger partial charge in [0.25, 0.3) is 0 Å². The third kappa shape index (κ3) is 5.47. The summed E-state index contributed by atoms with van der Waals surface area (Å²) in [5.41, 5.74) is 13.3. The first kappa shape index (κ1) is 28.2. The highest BCUT2D eigenvalue weighted by atomic mass is 15.1. The number of allylic oxidation sites excluding steroid dienone is 6. The molecule has 0 saturated heterocycles. The maximum Gasteiger partial charge on any atom is 0.0537 e. The van der Waals surface area contributed by atoms with Gasteiger partial charge in [0.15, 0.2) is 0 Å². The van der Waals surface area contributed by atoms with E-state index in [1.807, 2.05) is 6.08 Å². The molecule has 0 saturated carbocycles. The summed E-state index contributed by atoms with van der Waals surface area (Å²) >= 11 is 0. The van der Waals surface area contributed by atoms with Crippen LogP contribution in [0.15, 0.2) is 164 Å². The highest BCUT2D eigenvalue weighted by Crippen LogP contribution is 2.37. The van der Waals surface area contributed by atoms with Crippen molar-refractivity contribution < 1.29 is 0 Å². The lowest BCUT2D eigenvalue weighted by atomic mass is 10.0. The van der Waals surface area contributed by atoms with Gasteiger partial charge >= 0.3 is 0 Å². The lowest BCUT2D eigenvalue weighted by molar-refractivity contribution is 0.967. The molecular formula is C43H36N2. The molecule has 2 heteroatoms. The molecule has 5 aromatic carbocycles. The Morgan fingerprint density at radius 1 is 0.711 bits per heavy atom. The van der Waals surface area contributed by atoms with Crippen LogP contribution in [0.5, 0.6) is 0 Å². The van der Waals surface area contributed by atoms with Gasteiger partial charge in [-0.05, 0) is 108 Å². The largest absolute Gasteiger partial charge is 0.311 e. The van der Waals surface area contributed by atoms with Crippen molar-refractivity contribution in [3.8, 4) is 16.8 Å². The number of aryl methyl sites for hydroxylation is 1. The summed E-state index contributed by atoms with van der Waals surface area (Å²) in [6, 6.07) is 46.0. The molecule has 0 amide bonds. The Morgan fingerprint density at radius 3 is 2.02 bits per heavy atom. The molecule has 1 heterocycles. The molecule has 1 aliphatic rings. The number of para-hydroxylation sites is 2. The van der Waals surface area contributed by atoms with Crippen molar-refractivity contribution in [1.82, 2.24) is 4.57 Å². The van der Waals surface area contributed by atoms with Crippen LogP contribution < -0.4 is 4.90 Å². The van der Waals surface area contributed by atoms with E-state index in [9.17, 15) is 0 Å². The second kappa shape index (κ2) is 12.6. The van der Waals surface area contributed by atoms with Crippen LogP contribution in [0.25, 0.3) is 39.4 Å². The highest BCUT2D eigenvalue weighted by Gasteiger charge is 2.18. The van der Waals surface area contributed by atoms with Gasteiger partial charge in [-0.25, -0.2) is 0 Å². The minimum absolute atomic E-state index is 1.10. The van der Waals surface area contributed by atoms with E-state index in [0.29, 0.717) is 0 Å². The van der Waals surface area contributed by atoms with Crippen molar-refractivity contribution in [2.45, 2.75) is 19.8 Å². The Hall–Kier alpha value is -5.60. The van der Waals surface area contributed by atoms with E-state index in [1.54, 1.807) is 6.08 Å². The molecular weight excluding hydrogens is 544 g/mol. The number of rotatable bonds is 8. The third-order valence-corrected chi connectivity index (χ3v) is 8.64. The molecule has 0 aliphatic heterocycles. The minimum Gasteiger partial charge on any atom is -0.311 e. The van der Waals surface area contributed by atoms with Gasteiger partial charge in [-0.15, -0.1) is 0 Å². The average molecular weight is 581 g/mol. The van der Waals surface area contributed by atoms with Crippen molar-refractivity contribution in [2.24, 2.45) is 0 Å². The number of fused-ring (bicyclic) bond motifs is 3. The molecule has 0 N–H and O–H groups in total. The van der Waals surface area contributed by atoms with E-state index in [2.05, 4.69) is 175 Å². The minimum atomic E-state index is 1.10. The summed E-state index contributed by atoms with van der Waals surface area (Å²) in [6.07, 6.45) is 14.8. The quantitative estimate of drug-likeness (QED) is 0.163. The lowest BCUT2D eigenvalue weighted by Crippen LogP contribution is -2.09. The predicted octanol–water partition coefficient (Wildman–Crippen LogP) is 11.9. The van der Waals surface area contributed by atoms with Crippen LogP contribution >= 0.6 is 0 Å². The average Bonchev–Trinajstić information content (AvgIpc) is 3.45. The van der Waals surface area contributed by atoms with E-state index in [4.69, 9.17) is 0 Å². The Balaban J connectivity index is 1.19. The normalized spacial score (nSPS) is 12.9. The molecule has 1 aliphatic carbocycles. The number of aromatic nitrogens is 1. The topological polar surface area (TPSA) is 8.17 Å². The molecule has 0 unspecified atom stereocenters. The summed E-state index contributed by atoms with van der Waals surface area (Å²) in [4.78, 5) is 2.30. The Morgan fingerprint density at radius 2 is 1.33 bits per heavy atom. The van der Waals surface area contributed by atoms with Crippen molar-refractivity contribution in [3.63, 3.8) is 0 Å². The predicted molar refractivity (Wildman–Crippen MR) is 194 cm³/mol. The van der Waals surface area contributed by atoms with Gasteiger partial charge in [0.1, 0.15) is 0 Å². The van der Waals surface area contributed by atoms with Crippen LogP contribution in [-0.4, -0.2) is 4.57 Å². The van der Waals surface area contributed by atoms with E-state index >= 15 is 0 Å².